The van der Waals surface area contributed by atoms with E-state index in [1.54, 1.807) is 18.7 Å². The Labute approximate surface area is 133 Å². The largest absolute Gasteiger partial charge is 0.355 e. The van der Waals surface area contributed by atoms with Crippen LogP contribution >= 0.6 is 0 Å². The van der Waals surface area contributed by atoms with Crippen LogP contribution in [0.25, 0.3) is 0 Å². The summed E-state index contributed by atoms with van der Waals surface area (Å²) in [4.78, 5) is 26.6. The first-order chi connectivity index (χ1) is 10.0. The summed E-state index contributed by atoms with van der Waals surface area (Å²) in [6.07, 6.45) is 0.450. The van der Waals surface area contributed by atoms with Crippen LogP contribution in [0.5, 0.6) is 0 Å². The van der Waals surface area contributed by atoms with Gasteiger partial charge in [0.15, 0.2) is 9.84 Å². The molecule has 0 radical (unpaired) electrons. The molecule has 0 saturated carbocycles. The van der Waals surface area contributed by atoms with Gasteiger partial charge in [0.25, 0.3) is 0 Å². The highest BCUT2D eigenvalue weighted by Gasteiger charge is 2.43. The molecular formula is C15H28N2O4S. The van der Waals surface area contributed by atoms with Gasteiger partial charge in [-0.15, -0.1) is 0 Å². The van der Waals surface area contributed by atoms with Crippen LogP contribution in [-0.4, -0.2) is 55.8 Å². The van der Waals surface area contributed by atoms with E-state index in [4.69, 9.17) is 0 Å². The lowest BCUT2D eigenvalue weighted by Crippen LogP contribution is -2.53. The molecule has 0 aliphatic carbocycles. The van der Waals surface area contributed by atoms with Crippen LogP contribution in [-0.2, 0) is 19.4 Å². The van der Waals surface area contributed by atoms with Crippen molar-refractivity contribution in [1.29, 1.82) is 0 Å². The number of carbonyl (C=O) groups excluding carboxylic acids is 2. The highest BCUT2D eigenvalue weighted by atomic mass is 32.2. The highest BCUT2D eigenvalue weighted by Crippen LogP contribution is 2.25. The van der Waals surface area contributed by atoms with Gasteiger partial charge in [0, 0.05) is 19.1 Å². The average molecular weight is 332 g/mol. The summed E-state index contributed by atoms with van der Waals surface area (Å²) in [6.45, 7) is 9.88. The minimum atomic E-state index is -3.07. The van der Waals surface area contributed by atoms with E-state index in [2.05, 4.69) is 5.32 Å². The normalized spacial score (nSPS) is 20.9. The third kappa shape index (κ3) is 4.44. The van der Waals surface area contributed by atoms with Gasteiger partial charge in [-0.25, -0.2) is 8.42 Å². The van der Waals surface area contributed by atoms with Gasteiger partial charge >= 0.3 is 0 Å². The molecule has 1 aliphatic heterocycles. The number of rotatable bonds is 6. The molecule has 128 valence electrons. The van der Waals surface area contributed by atoms with Gasteiger partial charge in [-0.2, -0.15) is 0 Å². The van der Waals surface area contributed by atoms with E-state index in [1.807, 2.05) is 20.8 Å². The highest BCUT2D eigenvalue weighted by molar-refractivity contribution is 7.91. The first-order valence-electron chi connectivity index (χ1n) is 7.81. The number of nitrogens with zero attached hydrogens (tertiary/aromatic N) is 1. The van der Waals surface area contributed by atoms with Crippen molar-refractivity contribution in [2.24, 2.45) is 11.3 Å². The first-order valence-corrected chi connectivity index (χ1v) is 9.63. The van der Waals surface area contributed by atoms with Crippen molar-refractivity contribution in [3.63, 3.8) is 0 Å². The molecule has 1 fully saturated rings. The van der Waals surface area contributed by atoms with E-state index >= 15 is 0 Å². The van der Waals surface area contributed by atoms with Gasteiger partial charge in [-0.3, -0.25) is 9.59 Å². The summed E-state index contributed by atoms with van der Waals surface area (Å²) in [5, 5.41) is 2.78. The zero-order valence-corrected chi connectivity index (χ0v) is 15.0. The third-order valence-electron chi connectivity index (χ3n) is 4.02. The molecule has 7 heteroatoms. The van der Waals surface area contributed by atoms with Crippen LogP contribution in [0.3, 0.4) is 0 Å². The van der Waals surface area contributed by atoms with Crippen molar-refractivity contribution in [2.45, 2.75) is 47.1 Å². The van der Waals surface area contributed by atoms with Crippen molar-refractivity contribution in [1.82, 2.24) is 10.2 Å². The standard InChI is InChI=1S/C15H28N2O4S/c1-6-17(12-7-8-22(20,21)10-12)14(19)15(4,5)13(18)16-9-11(2)3/h11-12H,6-10H2,1-5H3,(H,16,18). The quantitative estimate of drug-likeness (QED) is 0.730. The molecule has 0 spiro atoms. The minimum Gasteiger partial charge on any atom is -0.355 e. The molecular weight excluding hydrogens is 304 g/mol. The van der Waals surface area contributed by atoms with E-state index in [9.17, 15) is 18.0 Å². The van der Waals surface area contributed by atoms with Crippen LogP contribution < -0.4 is 5.32 Å². The van der Waals surface area contributed by atoms with E-state index in [0.717, 1.165) is 0 Å². The predicted octanol–water partition coefficient (Wildman–Crippen LogP) is 0.820. The van der Waals surface area contributed by atoms with E-state index in [1.165, 1.54) is 0 Å². The van der Waals surface area contributed by atoms with Crippen molar-refractivity contribution in [2.75, 3.05) is 24.6 Å². The van der Waals surface area contributed by atoms with Crippen molar-refractivity contribution >= 4 is 21.7 Å². The van der Waals surface area contributed by atoms with Gasteiger partial charge < -0.3 is 10.2 Å². The second-order valence-corrected chi connectivity index (χ2v) is 9.11. The second kappa shape index (κ2) is 6.98. The predicted molar refractivity (Wildman–Crippen MR) is 86.1 cm³/mol. The van der Waals surface area contributed by atoms with Crippen LogP contribution in [0.2, 0.25) is 0 Å². The fourth-order valence-electron chi connectivity index (χ4n) is 2.56. The van der Waals surface area contributed by atoms with Gasteiger partial charge in [-0.05, 0) is 33.1 Å². The Kier molecular flexibility index (Phi) is 6.01. The number of hydrogen-bond donors (Lipinski definition) is 1. The Balaban J connectivity index is 2.83. The van der Waals surface area contributed by atoms with Crippen LogP contribution in [0.4, 0.5) is 0 Å². The third-order valence-corrected chi connectivity index (χ3v) is 5.77. The Bertz CT molecular complexity index is 526. The molecule has 22 heavy (non-hydrogen) atoms. The summed E-state index contributed by atoms with van der Waals surface area (Å²) in [6, 6.07) is -0.320. The fraction of sp³-hybridized carbons (Fsp3) is 0.867. The molecule has 1 heterocycles. The molecule has 0 bridgehead atoms. The number of amides is 2. The summed E-state index contributed by atoms with van der Waals surface area (Å²) < 4.78 is 23.3. The Hall–Kier alpha value is -1.11. The maximum atomic E-state index is 12.8. The Morgan fingerprint density at radius 2 is 1.91 bits per heavy atom. The van der Waals surface area contributed by atoms with Gasteiger partial charge in [0.05, 0.1) is 11.5 Å². The fourth-order valence-corrected chi connectivity index (χ4v) is 4.29. The molecule has 1 unspecified atom stereocenters. The van der Waals surface area contributed by atoms with Gasteiger partial charge in [-0.1, -0.05) is 13.8 Å². The summed E-state index contributed by atoms with van der Waals surface area (Å²) in [5.41, 5.74) is -1.20. The van der Waals surface area contributed by atoms with E-state index in [0.29, 0.717) is 25.4 Å². The Morgan fingerprint density at radius 3 is 2.32 bits per heavy atom. The average Bonchev–Trinajstić information content (AvgIpc) is 2.76. The molecule has 6 nitrogen and oxygen atoms in total. The lowest BCUT2D eigenvalue weighted by molar-refractivity contribution is -0.149. The van der Waals surface area contributed by atoms with Crippen LogP contribution in [0.1, 0.15) is 41.0 Å². The van der Waals surface area contributed by atoms with Gasteiger partial charge in [0.2, 0.25) is 11.8 Å². The zero-order chi connectivity index (χ0) is 17.1. The molecule has 1 aliphatic rings. The molecule has 1 atom stereocenters. The molecule has 0 aromatic rings. The first kappa shape index (κ1) is 18.9. The topological polar surface area (TPSA) is 83.6 Å². The molecule has 0 aromatic heterocycles. The number of hydrogen-bond acceptors (Lipinski definition) is 4. The minimum absolute atomic E-state index is 0.00370. The summed E-state index contributed by atoms with van der Waals surface area (Å²) >= 11 is 0. The van der Waals surface area contributed by atoms with Crippen molar-refractivity contribution in [3.05, 3.63) is 0 Å². The Morgan fingerprint density at radius 1 is 1.32 bits per heavy atom. The van der Waals surface area contributed by atoms with E-state index < -0.39 is 15.3 Å². The molecule has 1 saturated heterocycles. The van der Waals surface area contributed by atoms with Gasteiger partial charge in [0.1, 0.15) is 5.41 Å². The monoisotopic (exact) mass is 332 g/mol. The SMILES string of the molecule is CCN(C(=O)C(C)(C)C(=O)NCC(C)C)C1CCS(=O)(=O)C1. The second-order valence-electron chi connectivity index (χ2n) is 6.88. The van der Waals surface area contributed by atoms with E-state index in [-0.39, 0.29) is 29.4 Å². The smallest absolute Gasteiger partial charge is 0.237 e. The van der Waals surface area contributed by atoms with Crippen LogP contribution in [0.15, 0.2) is 0 Å². The number of sulfone groups is 1. The molecule has 2 amide bonds. The van der Waals surface area contributed by atoms with Crippen molar-refractivity contribution in [3.8, 4) is 0 Å². The maximum Gasteiger partial charge on any atom is 0.237 e. The zero-order valence-electron chi connectivity index (χ0n) is 14.2. The molecule has 0 aromatic carbocycles. The molecule has 1 N–H and O–H groups in total. The lowest BCUT2D eigenvalue weighted by atomic mass is 9.89. The molecule has 1 rings (SSSR count). The number of carbonyl (C=O) groups is 2. The van der Waals surface area contributed by atoms with Crippen molar-refractivity contribution < 1.29 is 18.0 Å². The number of nitrogens with one attached hydrogen (secondary N) is 1. The summed E-state index contributed by atoms with van der Waals surface area (Å²) in [7, 11) is -3.07. The summed E-state index contributed by atoms with van der Waals surface area (Å²) in [5.74, 6) is -0.210. The van der Waals surface area contributed by atoms with Crippen LogP contribution in [0, 0.1) is 11.3 Å². The lowest BCUT2D eigenvalue weighted by Gasteiger charge is -2.34. The maximum absolute atomic E-state index is 12.8.